The van der Waals surface area contributed by atoms with Crippen LogP contribution in [0.15, 0.2) is 0 Å². The molecule has 0 aromatic heterocycles. The standard InChI is InChI=1S/C7H15NO2SSe/c1-2-3-4-12-8-6(5-11)7(9)10/h6,8,11H,2-5H2,1H3,(H,9,10). The summed E-state index contributed by atoms with van der Waals surface area (Å²) in [6.07, 6.45) is 2.34. The second kappa shape index (κ2) is 7.92. The molecule has 0 aliphatic heterocycles. The molecule has 0 radical (unpaired) electrons. The number of carboxylic acid groups (broad SMARTS) is 1. The first-order chi connectivity index (χ1) is 5.72. The molecule has 0 aliphatic carbocycles. The van der Waals surface area contributed by atoms with Crippen molar-refractivity contribution in [2.75, 3.05) is 5.75 Å². The zero-order valence-electron chi connectivity index (χ0n) is 7.12. The van der Waals surface area contributed by atoms with Crippen LogP contribution in [0.5, 0.6) is 0 Å². The molecule has 1 atom stereocenters. The van der Waals surface area contributed by atoms with Gasteiger partial charge in [-0.2, -0.15) is 0 Å². The van der Waals surface area contributed by atoms with Crippen LogP contribution in [0, 0.1) is 0 Å². The second-order valence-electron chi connectivity index (χ2n) is 2.39. The average Bonchev–Trinajstić information content (AvgIpc) is 2.04. The van der Waals surface area contributed by atoms with Gasteiger partial charge < -0.3 is 0 Å². The quantitative estimate of drug-likeness (QED) is 0.359. The summed E-state index contributed by atoms with van der Waals surface area (Å²) in [5, 5.41) is 9.73. The first-order valence-electron chi connectivity index (χ1n) is 3.93. The Labute approximate surface area is 85.1 Å². The van der Waals surface area contributed by atoms with Gasteiger partial charge in [0, 0.05) is 0 Å². The molecule has 0 amide bonds. The first kappa shape index (κ1) is 12.3. The van der Waals surface area contributed by atoms with Crippen molar-refractivity contribution >= 4 is 33.8 Å². The normalized spacial score (nSPS) is 12.8. The number of hydrogen-bond acceptors (Lipinski definition) is 3. The molecule has 0 spiro atoms. The Morgan fingerprint density at radius 1 is 1.75 bits per heavy atom. The van der Waals surface area contributed by atoms with E-state index in [0.717, 1.165) is 5.32 Å². The van der Waals surface area contributed by atoms with Gasteiger partial charge in [0.25, 0.3) is 0 Å². The molecule has 0 fully saturated rings. The fourth-order valence-corrected chi connectivity index (χ4v) is 3.03. The second-order valence-corrected chi connectivity index (χ2v) is 4.72. The van der Waals surface area contributed by atoms with Crippen molar-refractivity contribution in [3.8, 4) is 0 Å². The van der Waals surface area contributed by atoms with Crippen molar-refractivity contribution in [1.82, 2.24) is 4.33 Å². The predicted molar refractivity (Wildman–Crippen MR) is 53.9 cm³/mol. The summed E-state index contributed by atoms with van der Waals surface area (Å²) in [5.74, 6) is -0.438. The zero-order valence-corrected chi connectivity index (χ0v) is 9.72. The van der Waals surface area contributed by atoms with E-state index in [1.54, 1.807) is 0 Å². The molecule has 5 heteroatoms. The van der Waals surface area contributed by atoms with Crippen LogP contribution in [0.3, 0.4) is 0 Å². The molecule has 0 heterocycles. The number of thiol groups is 1. The zero-order chi connectivity index (χ0) is 9.40. The number of nitrogens with one attached hydrogen (secondary N) is 1. The average molecular weight is 256 g/mol. The molecule has 0 rings (SSSR count). The van der Waals surface area contributed by atoms with E-state index in [9.17, 15) is 4.79 Å². The summed E-state index contributed by atoms with van der Waals surface area (Å²) in [4.78, 5) is 10.5. The van der Waals surface area contributed by atoms with Gasteiger partial charge in [0.05, 0.1) is 0 Å². The summed E-state index contributed by atoms with van der Waals surface area (Å²) in [6, 6.07) is -0.467. The van der Waals surface area contributed by atoms with Crippen LogP contribution in [0.4, 0.5) is 0 Å². The maximum absolute atomic E-state index is 10.5. The molecule has 0 saturated carbocycles. The van der Waals surface area contributed by atoms with Crippen molar-refractivity contribution in [3.63, 3.8) is 0 Å². The third-order valence-electron chi connectivity index (χ3n) is 1.31. The number of rotatable bonds is 7. The molecule has 72 valence electrons. The van der Waals surface area contributed by atoms with Gasteiger partial charge in [0.15, 0.2) is 0 Å². The van der Waals surface area contributed by atoms with E-state index in [-0.39, 0.29) is 15.2 Å². The summed E-state index contributed by atoms with van der Waals surface area (Å²) in [7, 11) is 0. The fraction of sp³-hybridized carbons (Fsp3) is 0.857. The van der Waals surface area contributed by atoms with E-state index in [0.29, 0.717) is 5.75 Å². The van der Waals surface area contributed by atoms with Gasteiger partial charge in [-0.05, 0) is 0 Å². The molecule has 0 saturated heterocycles. The molecule has 2 N–H and O–H groups in total. The molecule has 12 heavy (non-hydrogen) atoms. The van der Waals surface area contributed by atoms with Gasteiger partial charge >= 0.3 is 84.9 Å². The predicted octanol–water partition coefficient (Wildman–Crippen LogP) is 0.797. The Morgan fingerprint density at radius 2 is 2.42 bits per heavy atom. The molecule has 3 nitrogen and oxygen atoms in total. The first-order valence-corrected chi connectivity index (χ1v) is 6.63. The van der Waals surface area contributed by atoms with Crippen LogP contribution in [0.2, 0.25) is 5.32 Å². The monoisotopic (exact) mass is 257 g/mol. The molecule has 1 unspecified atom stereocenters. The van der Waals surface area contributed by atoms with Gasteiger partial charge in [0.2, 0.25) is 0 Å². The molecular formula is C7H15NO2SSe. The van der Waals surface area contributed by atoms with E-state index in [2.05, 4.69) is 23.9 Å². The Balaban J connectivity index is 3.38. The Kier molecular flexibility index (Phi) is 8.12. The minimum atomic E-state index is -0.802. The Hall–Kier alpha value is 0.299. The number of unbranched alkanes of at least 4 members (excludes halogenated alkanes) is 1. The van der Waals surface area contributed by atoms with Crippen molar-refractivity contribution < 1.29 is 9.90 Å². The van der Waals surface area contributed by atoms with Crippen molar-refractivity contribution in [3.05, 3.63) is 0 Å². The fourth-order valence-electron chi connectivity index (χ4n) is 0.542. The number of carboxylic acids is 1. The van der Waals surface area contributed by atoms with E-state index in [1.807, 2.05) is 0 Å². The number of carbonyl (C=O) groups is 1. The van der Waals surface area contributed by atoms with Crippen LogP contribution >= 0.6 is 12.6 Å². The van der Waals surface area contributed by atoms with E-state index in [4.69, 9.17) is 5.11 Å². The van der Waals surface area contributed by atoms with Crippen molar-refractivity contribution in [1.29, 1.82) is 0 Å². The van der Waals surface area contributed by atoms with Gasteiger partial charge in [-0.1, -0.05) is 0 Å². The third kappa shape index (κ3) is 5.89. The van der Waals surface area contributed by atoms with Crippen LogP contribution in [-0.4, -0.2) is 38.0 Å². The Bertz CT molecular complexity index is 135. The van der Waals surface area contributed by atoms with Gasteiger partial charge in [-0.3, -0.25) is 0 Å². The van der Waals surface area contributed by atoms with Crippen LogP contribution in [0.1, 0.15) is 19.8 Å². The molecule has 0 aromatic rings. The number of hydrogen-bond donors (Lipinski definition) is 3. The SMILES string of the molecule is CCCC[Se]NC(CS)C(=O)O. The summed E-state index contributed by atoms with van der Waals surface area (Å²) in [5.41, 5.74) is 0. The Morgan fingerprint density at radius 3 is 2.83 bits per heavy atom. The van der Waals surface area contributed by atoms with Gasteiger partial charge in [-0.15, -0.1) is 0 Å². The van der Waals surface area contributed by atoms with Crippen molar-refractivity contribution in [2.45, 2.75) is 31.1 Å². The topological polar surface area (TPSA) is 49.3 Å². The molecular weight excluding hydrogens is 241 g/mol. The number of aliphatic carboxylic acids is 1. The van der Waals surface area contributed by atoms with E-state index < -0.39 is 12.0 Å². The van der Waals surface area contributed by atoms with Crippen LogP contribution < -0.4 is 4.33 Å². The van der Waals surface area contributed by atoms with Gasteiger partial charge in [-0.25, -0.2) is 0 Å². The molecule has 0 aliphatic rings. The van der Waals surface area contributed by atoms with Crippen LogP contribution in [-0.2, 0) is 4.79 Å². The summed E-state index contributed by atoms with van der Waals surface area (Å²) >= 11 is 4.20. The van der Waals surface area contributed by atoms with Crippen molar-refractivity contribution in [2.24, 2.45) is 0 Å². The summed E-state index contributed by atoms with van der Waals surface area (Å²) in [6.45, 7) is 2.13. The van der Waals surface area contributed by atoms with Crippen LogP contribution in [0.25, 0.3) is 0 Å². The summed E-state index contributed by atoms with van der Waals surface area (Å²) < 4.78 is 2.99. The molecule has 0 aromatic carbocycles. The third-order valence-corrected chi connectivity index (χ3v) is 3.65. The van der Waals surface area contributed by atoms with E-state index in [1.165, 1.54) is 12.8 Å². The minimum absolute atomic E-state index is 0.252. The maximum atomic E-state index is 10.5. The van der Waals surface area contributed by atoms with Gasteiger partial charge in [0.1, 0.15) is 0 Å². The molecule has 0 bridgehead atoms. The van der Waals surface area contributed by atoms with E-state index >= 15 is 0 Å².